The molecule has 2 aromatic rings. The number of nitrogens with one attached hydrogen (secondary N) is 3. The van der Waals surface area contributed by atoms with Gasteiger partial charge in [-0.1, -0.05) is 0 Å². The lowest BCUT2D eigenvalue weighted by atomic mass is 10.1. The molecule has 1 aliphatic rings. The first-order valence-electron chi connectivity index (χ1n) is 5.78. The van der Waals surface area contributed by atoms with Gasteiger partial charge in [0.1, 0.15) is 5.41 Å². The van der Waals surface area contributed by atoms with Crippen LogP contribution in [-0.2, 0) is 9.59 Å². The molecule has 7 nitrogen and oxygen atoms in total. The minimum Gasteiger partial charge on any atom is -0.480 e. The molecule has 1 saturated carbocycles. The van der Waals surface area contributed by atoms with Crippen LogP contribution in [0.3, 0.4) is 0 Å². The molecule has 7 heteroatoms. The number of benzene rings is 1. The fourth-order valence-corrected chi connectivity index (χ4v) is 2.02. The van der Waals surface area contributed by atoms with Crippen LogP contribution in [0.2, 0.25) is 0 Å². The topological polar surface area (TPSA) is 115 Å². The molecule has 1 heterocycles. The predicted molar refractivity (Wildman–Crippen MR) is 66.9 cm³/mol. The van der Waals surface area contributed by atoms with Crippen molar-refractivity contribution in [1.29, 1.82) is 0 Å². The summed E-state index contributed by atoms with van der Waals surface area (Å²) in [5, 5.41) is 11.6. The summed E-state index contributed by atoms with van der Waals surface area (Å²) in [6, 6.07) is 4.84. The number of carbonyl (C=O) groups excluding carboxylic acids is 1. The molecule has 0 atom stereocenters. The van der Waals surface area contributed by atoms with Crippen LogP contribution < -0.4 is 11.0 Å². The summed E-state index contributed by atoms with van der Waals surface area (Å²) in [6.07, 6.45) is 0.717. The molecule has 0 aliphatic heterocycles. The van der Waals surface area contributed by atoms with E-state index >= 15 is 0 Å². The molecule has 0 unspecified atom stereocenters. The Bertz CT molecular complexity index is 739. The summed E-state index contributed by atoms with van der Waals surface area (Å²) in [5.74, 6) is -1.61. The van der Waals surface area contributed by atoms with Crippen molar-refractivity contribution in [3.8, 4) is 0 Å². The Morgan fingerprint density at radius 2 is 1.89 bits per heavy atom. The van der Waals surface area contributed by atoms with Crippen LogP contribution >= 0.6 is 0 Å². The van der Waals surface area contributed by atoms with Crippen LogP contribution in [0, 0.1) is 5.41 Å². The molecule has 98 valence electrons. The summed E-state index contributed by atoms with van der Waals surface area (Å²) in [6.45, 7) is 0. The molecule has 0 spiro atoms. The fourth-order valence-electron chi connectivity index (χ4n) is 2.02. The first-order chi connectivity index (χ1) is 9.01. The van der Waals surface area contributed by atoms with Gasteiger partial charge in [0.2, 0.25) is 5.91 Å². The second-order valence-corrected chi connectivity index (χ2v) is 4.68. The Labute approximate surface area is 106 Å². The van der Waals surface area contributed by atoms with Gasteiger partial charge in [0.05, 0.1) is 11.0 Å². The SMILES string of the molecule is O=C(O)C1(C(=O)Nc2ccc3[nH]c(=O)[nH]c3c2)CC1. The third-order valence-corrected chi connectivity index (χ3v) is 3.37. The maximum Gasteiger partial charge on any atom is 0.323 e. The Kier molecular flexibility index (Phi) is 2.25. The molecule has 0 radical (unpaired) electrons. The molecule has 1 aromatic heterocycles. The highest BCUT2D eigenvalue weighted by molar-refractivity contribution is 6.11. The van der Waals surface area contributed by atoms with E-state index in [0.29, 0.717) is 29.6 Å². The Morgan fingerprint density at radius 1 is 1.21 bits per heavy atom. The van der Waals surface area contributed by atoms with Gasteiger partial charge in [-0.15, -0.1) is 0 Å². The van der Waals surface area contributed by atoms with Gasteiger partial charge >= 0.3 is 11.7 Å². The van der Waals surface area contributed by atoms with Crippen LogP contribution in [0.25, 0.3) is 11.0 Å². The average Bonchev–Trinajstić information content (AvgIpc) is 3.07. The van der Waals surface area contributed by atoms with Crippen LogP contribution in [0.15, 0.2) is 23.0 Å². The third-order valence-electron chi connectivity index (χ3n) is 3.37. The van der Waals surface area contributed by atoms with Crippen molar-refractivity contribution in [1.82, 2.24) is 9.97 Å². The van der Waals surface area contributed by atoms with Crippen molar-refractivity contribution in [3.05, 3.63) is 28.7 Å². The second-order valence-electron chi connectivity index (χ2n) is 4.68. The number of hydrogen-bond donors (Lipinski definition) is 4. The Hall–Kier alpha value is -2.57. The van der Waals surface area contributed by atoms with E-state index in [-0.39, 0.29) is 5.69 Å². The summed E-state index contributed by atoms with van der Waals surface area (Å²) in [5.41, 5.74) is 0.0360. The molecule has 1 fully saturated rings. The number of aromatic amines is 2. The van der Waals surface area contributed by atoms with Gasteiger partial charge in [-0.25, -0.2) is 4.79 Å². The molecule has 1 aliphatic carbocycles. The molecular formula is C12H11N3O4. The fraction of sp³-hybridized carbons (Fsp3) is 0.250. The highest BCUT2D eigenvalue weighted by atomic mass is 16.4. The number of carboxylic acid groups (broad SMARTS) is 1. The number of carboxylic acids is 1. The normalized spacial score (nSPS) is 16.2. The smallest absolute Gasteiger partial charge is 0.323 e. The van der Waals surface area contributed by atoms with Gasteiger partial charge in [-0.2, -0.15) is 0 Å². The van der Waals surface area contributed by atoms with Crippen LogP contribution in [-0.4, -0.2) is 27.0 Å². The quantitative estimate of drug-likeness (QED) is 0.607. The number of amides is 1. The monoisotopic (exact) mass is 261 g/mol. The molecule has 1 amide bonds. The van der Waals surface area contributed by atoms with E-state index in [9.17, 15) is 14.4 Å². The van der Waals surface area contributed by atoms with Crippen LogP contribution in [0.5, 0.6) is 0 Å². The number of hydrogen-bond acceptors (Lipinski definition) is 3. The molecule has 19 heavy (non-hydrogen) atoms. The highest BCUT2D eigenvalue weighted by Gasteiger charge is 2.57. The van der Waals surface area contributed by atoms with Crippen LogP contribution in [0.4, 0.5) is 5.69 Å². The standard InChI is InChI=1S/C12H11N3O4/c16-9(12(3-4-12)10(17)18)13-6-1-2-7-8(5-6)15-11(19)14-7/h1-2,5H,3-4H2,(H,13,16)(H,17,18)(H2,14,15,19). The number of aromatic nitrogens is 2. The molecule has 0 bridgehead atoms. The van der Waals surface area contributed by atoms with Crippen LogP contribution in [0.1, 0.15) is 12.8 Å². The zero-order chi connectivity index (χ0) is 13.6. The summed E-state index contributed by atoms with van der Waals surface area (Å²) in [7, 11) is 0. The molecule has 0 saturated heterocycles. The van der Waals surface area contributed by atoms with E-state index in [4.69, 9.17) is 5.11 Å². The second kappa shape index (κ2) is 3.71. The largest absolute Gasteiger partial charge is 0.480 e. The number of imidazole rings is 1. The minimum atomic E-state index is -1.28. The zero-order valence-corrected chi connectivity index (χ0v) is 9.82. The Morgan fingerprint density at radius 3 is 2.53 bits per heavy atom. The number of aliphatic carboxylic acids is 1. The number of rotatable bonds is 3. The minimum absolute atomic E-state index is 0.331. The van der Waals surface area contributed by atoms with E-state index in [1.165, 1.54) is 0 Å². The maximum atomic E-state index is 11.9. The molecule has 4 N–H and O–H groups in total. The lowest BCUT2D eigenvalue weighted by Crippen LogP contribution is -2.31. The lowest BCUT2D eigenvalue weighted by molar-refractivity contribution is -0.147. The van der Waals surface area contributed by atoms with Gasteiger partial charge in [-0.05, 0) is 31.0 Å². The maximum absolute atomic E-state index is 11.9. The highest BCUT2D eigenvalue weighted by Crippen LogP contribution is 2.46. The number of fused-ring (bicyclic) bond motifs is 1. The summed E-state index contributed by atoms with van der Waals surface area (Å²) >= 11 is 0. The zero-order valence-electron chi connectivity index (χ0n) is 9.82. The van der Waals surface area contributed by atoms with Gasteiger partial charge in [-0.3, -0.25) is 9.59 Å². The van der Waals surface area contributed by atoms with Gasteiger partial charge in [0.15, 0.2) is 0 Å². The Balaban J connectivity index is 1.87. The predicted octanol–water partition coefficient (Wildman–Crippen LogP) is 0.659. The van der Waals surface area contributed by atoms with Gasteiger partial charge in [0, 0.05) is 5.69 Å². The molecular weight excluding hydrogens is 250 g/mol. The lowest BCUT2D eigenvalue weighted by Gasteiger charge is -2.10. The number of anilines is 1. The van der Waals surface area contributed by atoms with Crippen molar-refractivity contribution in [3.63, 3.8) is 0 Å². The average molecular weight is 261 g/mol. The van der Waals surface area contributed by atoms with E-state index in [2.05, 4.69) is 15.3 Å². The summed E-state index contributed by atoms with van der Waals surface area (Å²) in [4.78, 5) is 39.2. The van der Waals surface area contributed by atoms with E-state index in [1.54, 1.807) is 18.2 Å². The van der Waals surface area contributed by atoms with Crippen molar-refractivity contribution >= 4 is 28.6 Å². The van der Waals surface area contributed by atoms with E-state index < -0.39 is 17.3 Å². The molecule has 1 aromatic carbocycles. The number of H-pyrrole nitrogens is 2. The third kappa shape index (κ3) is 1.79. The first-order valence-corrected chi connectivity index (χ1v) is 5.78. The van der Waals surface area contributed by atoms with Crippen molar-refractivity contribution in [2.45, 2.75) is 12.8 Å². The van der Waals surface area contributed by atoms with Crippen molar-refractivity contribution in [2.24, 2.45) is 5.41 Å². The first kappa shape index (κ1) is 11.5. The molecule has 3 rings (SSSR count). The van der Waals surface area contributed by atoms with Gasteiger partial charge < -0.3 is 20.4 Å². The van der Waals surface area contributed by atoms with E-state index in [1.807, 2.05) is 0 Å². The van der Waals surface area contributed by atoms with Gasteiger partial charge in [0.25, 0.3) is 0 Å². The van der Waals surface area contributed by atoms with E-state index in [0.717, 1.165) is 0 Å². The van der Waals surface area contributed by atoms with Crippen molar-refractivity contribution in [2.75, 3.05) is 5.32 Å². The summed E-state index contributed by atoms with van der Waals surface area (Å²) < 4.78 is 0. The van der Waals surface area contributed by atoms with Crippen molar-refractivity contribution < 1.29 is 14.7 Å². The number of carbonyl (C=O) groups is 2.